The van der Waals surface area contributed by atoms with E-state index in [2.05, 4.69) is 0 Å². The molecule has 0 amide bonds. The normalized spacial score (nSPS) is 11.1. The van der Waals surface area contributed by atoms with Crippen molar-refractivity contribution in [2.45, 2.75) is 12.8 Å². The summed E-state index contributed by atoms with van der Waals surface area (Å²) in [4.78, 5) is 0. The van der Waals surface area contributed by atoms with E-state index in [9.17, 15) is 5.11 Å². The lowest BCUT2D eigenvalue weighted by Gasteiger charge is -2.05. The average molecular weight is 226 g/mol. The van der Waals surface area contributed by atoms with Gasteiger partial charge in [0.15, 0.2) is 0 Å². The number of furan rings is 1. The summed E-state index contributed by atoms with van der Waals surface area (Å²) in [6.07, 6.45) is 3.08. The first-order valence-electron chi connectivity index (χ1n) is 4.81. The molecule has 15 heavy (non-hydrogen) atoms. The maximum Gasteiger partial charge on any atom is 0.138 e. The van der Waals surface area contributed by atoms with Crippen molar-refractivity contribution >= 4 is 22.6 Å². The van der Waals surface area contributed by atoms with Crippen LogP contribution >= 0.6 is 11.6 Å². The van der Waals surface area contributed by atoms with E-state index >= 15 is 0 Å². The van der Waals surface area contributed by atoms with Gasteiger partial charge in [-0.25, -0.2) is 0 Å². The van der Waals surface area contributed by atoms with Gasteiger partial charge >= 0.3 is 0 Å². The third-order valence-corrected chi connectivity index (χ3v) is 2.78. The van der Waals surface area contributed by atoms with Crippen LogP contribution in [0, 0.1) is 0 Å². The predicted octanol–water partition coefficient (Wildman–Crippen LogP) is 2.68. The molecule has 0 radical (unpaired) electrons. The highest BCUT2D eigenvalue weighted by Gasteiger charge is 2.12. The molecule has 0 fully saturated rings. The van der Waals surface area contributed by atoms with Gasteiger partial charge in [-0.3, -0.25) is 0 Å². The molecule has 2 aromatic rings. The second kappa shape index (κ2) is 4.13. The van der Waals surface area contributed by atoms with Gasteiger partial charge in [0.1, 0.15) is 11.3 Å². The lowest BCUT2D eigenvalue weighted by Crippen LogP contribution is -2.00. The fraction of sp³-hybridized carbons (Fsp3) is 0.273. The van der Waals surface area contributed by atoms with E-state index in [1.54, 1.807) is 12.3 Å². The van der Waals surface area contributed by atoms with Crippen LogP contribution in [0.15, 0.2) is 22.8 Å². The van der Waals surface area contributed by atoms with Crippen LogP contribution in [0.2, 0.25) is 5.02 Å². The minimum absolute atomic E-state index is 0.138. The molecule has 2 rings (SSSR count). The van der Waals surface area contributed by atoms with Crippen molar-refractivity contribution in [3.8, 4) is 5.75 Å². The molecule has 80 valence electrons. The molecule has 0 atom stereocenters. The largest absolute Gasteiger partial charge is 0.506 e. The molecule has 0 bridgehead atoms. The Balaban J connectivity index is 2.50. The van der Waals surface area contributed by atoms with Crippen LogP contribution < -0.4 is 5.73 Å². The molecule has 1 aromatic heterocycles. The predicted molar refractivity (Wildman–Crippen MR) is 60.3 cm³/mol. The summed E-state index contributed by atoms with van der Waals surface area (Å²) < 4.78 is 5.25. The lowest BCUT2D eigenvalue weighted by molar-refractivity contribution is 0.468. The van der Waals surface area contributed by atoms with Gasteiger partial charge in [-0.05, 0) is 37.1 Å². The zero-order valence-electron chi connectivity index (χ0n) is 8.16. The van der Waals surface area contributed by atoms with Gasteiger partial charge in [0, 0.05) is 5.39 Å². The number of fused-ring (bicyclic) bond motifs is 1. The molecular formula is C11H12ClNO2. The SMILES string of the molecule is NCCCc1cc2occc2c(Cl)c1O. The van der Waals surface area contributed by atoms with Gasteiger partial charge in [0.25, 0.3) is 0 Å². The first-order chi connectivity index (χ1) is 7.24. The zero-order valence-corrected chi connectivity index (χ0v) is 8.92. The number of hydrogen-bond acceptors (Lipinski definition) is 3. The summed E-state index contributed by atoms with van der Waals surface area (Å²) in [5.74, 6) is 0.138. The fourth-order valence-corrected chi connectivity index (χ4v) is 1.87. The average Bonchev–Trinajstić information content (AvgIpc) is 2.69. The number of aromatic hydroxyl groups is 1. The van der Waals surface area contributed by atoms with Gasteiger partial charge in [0.2, 0.25) is 0 Å². The number of benzene rings is 1. The van der Waals surface area contributed by atoms with Crippen LogP contribution in [-0.2, 0) is 6.42 Å². The monoisotopic (exact) mass is 225 g/mol. The number of hydrogen-bond donors (Lipinski definition) is 2. The molecule has 0 aliphatic rings. The highest BCUT2D eigenvalue weighted by Crippen LogP contribution is 2.36. The van der Waals surface area contributed by atoms with Gasteiger partial charge in [-0.2, -0.15) is 0 Å². The Labute approximate surface area is 92.4 Å². The number of nitrogens with two attached hydrogens (primary N) is 1. The third kappa shape index (κ3) is 1.80. The maximum absolute atomic E-state index is 9.83. The summed E-state index contributed by atoms with van der Waals surface area (Å²) in [7, 11) is 0. The lowest BCUT2D eigenvalue weighted by atomic mass is 10.1. The number of halogens is 1. The van der Waals surface area contributed by atoms with Crippen LogP contribution in [0.25, 0.3) is 11.0 Å². The highest BCUT2D eigenvalue weighted by atomic mass is 35.5. The number of aryl methyl sites for hydroxylation is 1. The quantitative estimate of drug-likeness (QED) is 0.845. The van der Waals surface area contributed by atoms with Crippen molar-refractivity contribution < 1.29 is 9.52 Å². The molecular weight excluding hydrogens is 214 g/mol. The molecule has 0 saturated carbocycles. The standard InChI is InChI=1S/C11H12ClNO2/c12-10-8-3-5-15-9(8)6-7(11(10)14)2-1-4-13/h3,5-6,14H,1-2,4,13H2. The Morgan fingerprint density at radius 3 is 3.00 bits per heavy atom. The van der Waals surface area contributed by atoms with Gasteiger partial charge in [-0.1, -0.05) is 11.6 Å². The van der Waals surface area contributed by atoms with Crippen molar-refractivity contribution in [3.63, 3.8) is 0 Å². The van der Waals surface area contributed by atoms with Crippen LogP contribution in [0.4, 0.5) is 0 Å². The van der Waals surface area contributed by atoms with E-state index in [-0.39, 0.29) is 5.75 Å². The first kappa shape index (κ1) is 10.3. The summed E-state index contributed by atoms with van der Waals surface area (Å²) in [6.45, 7) is 0.591. The Morgan fingerprint density at radius 1 is 1.47 bits per heavy atom. The van der Waals surface area contributed by atoms with Crippen LogP contribution in [0.3, 0.4) is 0 Å². The molecule has 3 N–H and O–H groups in total. The molecule has 0 aliphatic heterocycles. The first-order valence-corrected chi connectivity index (χ1v) is 5.19. The van der Waals surface area contributed by atoms with Crippen LogP contribution in [0.5, 0.6) is 5.75 Å². The van der Waals surface area contributed by atoms with Crippen LogP contribution in [-0.4, -0.2) is 11.7 Å². The zero-order chi connectivity index (χ0) is 10.8. The Morgan fingerprint density at radius 2 is 2.27 bits per heavy atom. The van der Waals surface area contributed by atoms with Crippen molar-refractivity contribution in [2.24, 2.45) is 5.73 Å². The van der Waals surface area contributed by atoms with E-state index in [4.69, 9.17) is 21.8 Å². The molecule has 0 unspecified atom stereocenters. The van der Waals surface area contributed by atoms with Crippen molar-refractivity contribution in [1.82, 2.24) is 0 Å². The van der Waals surface area contributed by atoms with Gasteiger partial charge in [0.05, 0.1) is 11.3 Å². The molecule has 1 heterocycles. The van der Waals surface area contributed by atoms with Crippen LogP contribution in [0.1, 0.15) is 12.0 Å². The van der Waals surface area contributed by atoms with Gasteiger partial charge < -0.3 is 15.3 Å². The second-order valence-electron chi connectivity index (χ2n) is 3.42. The smallest absolute Gasteiger partial charge is 0.138 e. The van der Waals surface area contributed by atoms with Gasteiger partial charge in [-0.15, -0.1) is 0 Å². The molecule has 1 aromatic carbocycles. The minimum Gasteiger partial charge on any atom is -0.506 e. The Kier molecular flexibility index (Phi) is 2.84. The topological polar surface area (TPSA) is 59.4 Å². The molecule has 3 nitrogen and oxygen atoms in total. The summed E-state index contributed by atoms with van der Waals surface area (Å²) in [6, 6.07) is 3.55. The number of phenolic OH excluding ortho intramolecular Hbond substituents is 1. The summed E-state index contributed by atoms with van der Waals surface area (Å²) in [5.41, 5.74) is 6.90. The number of rotatable bonds is 3. The maximum atomic E-state index is 9.83. The van der Waals surface area contributed by atoms with E-state index in [1.165, 1.54) is 0 Å². The summed E-state index contributed by atoms with van der Waals surface area (Å²) in [5, 5.41) is 10.9. The van der Waals surface area contributed by atoms with Crippen molar-refractivity contribution in [1.29, 1.82) is 0 Å². The summed E-state index contributed by atoms with van der Waals surface area (Å²) >= 11 is 6.01. The highest BCUT2D eigenvalue weighted by molar-refractivity contribution is 6.36. The Bertz CT molecular complexity index is 479. The molecule has 0 saturated heterocycles. The second-order valence-corrected chi connectivity index (χ2v) is 3.80. The van der Waals surface area contributed by atoms with E-state index in [1.807, 2.05) is 6.07 Å². The Hall–Kier alpha value is -1.19. The van der Waals surface area contributed by atoms with E-state index < -0.39 is 0 Å². The number of phenols is 1. The van der Waals surface area contributed by atoms with Crippen molar-refractivity contribution in [3.05, 3.63) is 29.0 Å². The molecule has 4 heteroatoms. The van der Waals surface area contributed by atoms with E-state index in [0.717, 1.165) is 17.4 Å². The molecule has 0 spiro atoms. The third-order valence-electron chi connectivity index (χ3n) is 2.40. The molecule has 0 aliphatic carbocycles. The fourth-order valence-electron chi connectivity index (χ4n) is 1.59. The van der Waals surface area contributed by atoms with Crippen molar-refractivity contribution in [2.75, 3.05) is 6.54 Å². The van der Waals surface area contributed by atoms with E-state index in [0.29, 0.717) is 23.6 Å². The minimum atomic E-state index is 0.138.